The predicted molar refractivity (Wildman–Crippen MR) is 84.4 cm³/mol. The molecule has 6 nitrogen and oxygen atoms in total. The van der Waals surface area contributed by atoms with E-state index in [1.54, 1.807) is 26.0 Å². The molecule has 1 aromatic rings. The van der Waals surface area contributed by atoms with E-state index >= 15 is 0 Å². The molecular formula is C16H21NO5S. The van der Waals surface area contributed by atoms with Crippen LogP contribution in [0.5, 0.6) is 0 Å². The number of ether oxygens (including phenoxy) is 1. The summed E-state index contributed by atoms with van der Waals surface area (Å²) in [6.07, 6.45) is 0.984. The fraction of sp³-hybridized carbons (Fsp3) is 0.500. The molecule has 2 rings (SSSR count). The number of methoxy groups -OCH3 is 1. The van der Waals surface area contributed by atoms with Gasteiger partial charge in [-0.15, -0.1) is 0 Å². The van der Waals surface area contributed by atoms with Crippen molar-refractivity contribution in [3.63, 3.8) is 0 Å². The summed E-state index contributed by atoms with van der Waals surface area (Å²) in [7, 11) is -1.97. The topological polar surface area (TPSA) is 89.5 Å². The number of nitrogens with one attached hydrogen (secondary N) is 1. The van der Waals surface area contributed by atoms with Crippen LogP contribution in [0.3, 0.4) is 0 Å². The third-order valence-electron chi connectivity index (χ3n) is 4.23. The highest BCUT2D eigenvalue weighted by molar-refractivity contribution is 7.91. The van der Waals surface area contributed by atoms with E-state index in [4.69, 9.17) is 0 Å². The molecule has 1 aliphatic carbocycles. The monoisotopic (exact) mass is 339 g/mol. The molecule has 0 heterocycles. The van der Waals surface area contributed by atoms with Crippen LogP contribution in [0, 0.1) is 5.41 Å². The minimum atomic E-state index is -3.24. The van der Waals surface area contributed by atoms with Crippen molar-refractivity contribution in [3.8, 4) is 0 Å². The molecule has 126 valence electrons. The van der Waals surface area contributed by atoms with Crippen molar-refractivity contribution in [2.45, 2.75) is 37.6 Å². The summed E-state index contributed by atoms with van der Waals surface area (Å²) in [6.45, 7) is 3.38. The van der Waals surface area contributed by atoms with E-state index < -0.39 is 21.2 Å². The zero-order valence-corrected chi connectivity index (χ0v) is 14.3. The van der Waals surface area contributed by atoms with Gasteiger partial charge in [-0.3, -0.25) is 9.59 Å². The average Bonchev–Trinajstić information content (AvgIpc) is 3.36. The van der Waals surface area contributed by atoms with Gasteiger partial charge < -0.3 is 10.1 Å². The maximum atomic E-state index is 12.3. The van der Waals surface area contributed by atoms with Crippen molar-refractivity contribution in [2.24, 2.45) is 5.41 Å². The van der Waals surface area contributed by atoms with Crippen LogP contribution in [-0.4, -0.2) is 33.2 Å². The number of rotatable bonds is 6. The molecule has 1 atom stereocenters. The quantitative estimate of drug-likeness (QED) is 0.628. The second kappa shape index (κ2) is 6.31. The van der Waals surface area contributed by atoms with Crippen molar-refractivity contribution >= 4 is 21.7 Å². The van der Waals surface area contributed by atoms with E-state index in [0.29, 0.717) is 12.8 Å². The minimum absolute atomic E-state index is 0.0419. The lowest BCUT2D eigenvalue weighted by Gasteiger charge is -2.18. The van der Waals surface area contributed by atoms with E-state index in [0.717, 1.165) is 5.56 Å². The summed E-state index contributed by atoms with van der Waals surface area (Å²) in [6, 6.07) is 6.08. The largest absolute Gasteiger partial charge is 0.468 e. The normalized spacial score (nSPS) is 17.2. The molecule has 0 aliphatic heterocycles. The highest BCUT2D eigenvalue weighted by Gasteiger charge is 2.57. The van der Waals surface area contributed by atoms with E-state index in [1.165, 1.54) is 19.2 Å². The highest BCUT2D eigenvalue weighted by atomic mass is 32.2. The number of carbonyl (C=O) groups is 2. The number of hydrogen-bond acceptors (Lipinski definition) is 5. The van der Waals surface area contributed by atoms with Gasteiger partial charge in [-0.2, -0.15) is 0 Å². The Kier molecular flexibility index (Phi) is 4.79. The molecule has 1 amide bonds. The first-order valence-electron chi connectivity index (χ1n) is 7.49. The van der Waals surface area contributed by atoms with Crippen molar-refractivity contribution in [2.75, 3.05) is 12.9 Å². The Balaban J connectivity index is 2.08. The molecule has 1 saturated carbocycles. The Morgan fingerprint density at radius 3 is 2.26 bits per heavy atom. The summed E-state index contributed by atoms with van der Waals surface area (Å²) in [4.78, 5) is 24.2. The SMILES string of the molecule is CCS(=O)(=O)c1ccc(C(C)NC(=O)C2(C(=O)OC)CC2)cc1. The van der Waals surface area contributed by atoms with Crippen LogP contribution in [-0.2, 0) is 24.2 Å². The Hall–Kier alpha value is -1.89. The molecule has 0 saturated heterocycles. The van der Waals surface area contributed by atoms with Gasteiger partial charge in [0.25, 0.3) is 0 Å². The van der Waals surface area contributed by atoms with Gasteiger partial charge in [0.05, 0.1) is 23.8 Å². The smallest absolute Gasteiger partial charge is 0.321 e. The van der Waals surface area contributed by atoms with Gasteiger partial charge in [-0.05, 0) is 37.5 Å². The van der Waals surface area contributed by atoms with Crippen LogP contribution in [0.25, 0.3) is 0 Å². The molecule has 1 fully saturated rings. The number of carbonyl (C=O) groups excluding carboxylic acids is 2. The lowest BCUT2D eigenvalue weighted by Crippen LogP contribution is -2.39. The number of hydrogen-bond donors (Lipinski definition) is 1. The molecule has 0 radical (unpaired) electrons. The first-order chi connectivity index (χ1) is 10.8. The van der Waals surface area contributed by atoms with Crippen LogP contribution in [0.2, 0.25) is 0 Å². The summed E-state index contributed by atoms with van der Waals surface area (Å²) >= 11 is 0. The molecule has 1 aliphatic rings. The molecule has 7 heteroatoms. The lowest BCUT2D eigenvalue weighted by atomic mass is 10.0. The third kappa shape index (κ3) is 3.39. The second-order valence-electron chi connectivity index (χ2n) is 5.74. The Labute approximate surface area is 136 Å². The Morgan fingerprint density at radius 1 is 1.26 bits per heavy atom. The summed E-state index contributed by atoms with van der Waals surface area (Å²) in [5.74, 6) is -0.811. The van der Waals surface area contributed by atoms with Crippen molar-refractivity contribution < 1.29 is 22.7 Å². The van der Waals surface area contributed by atoms with Crippen LogP contribution in [0.4, 0.5) is 0 Å². The van der Waals surface area contributed by atoms with Gasteiger partial charge in [0.15, 0.2) is 9.84 Å². The molecule has 1 unspecified atom stereocenters. The number of benzene rings is 1. The van der Waals surface area contributed by atoms with Crippen LogP contribution < -0.4 is 5.32 Å². The molecular weight excluding hydrogens is 318 g/mol. The summed E-state index contributed by atoms with van der Waals surface area (Å²) in [5, 5.41) is 2.80. The van der Waals surface area contributed by atoms with E-state index in [1.807, 2.05) is 0 Å². The molecule has 1 N–H and O–H groups in total. The standard InChI is InChI=1S/C16H21NO5S/c1-4-23(20,21)13-7-5-12(6-8-13)11(2)17-14(18)16(9-10-16)15(19)22-3/h5-8,11H,4,9-10H2,1-3H3,(H,17,18). The maximum Gasteiger partial charge on any atom is 0.321 e. The van der Waals surface area contributed by atoms with Gasteiger partial charge in [0.1, 0.15) is 5.41 Å². The number of esters is 1. The fourth-order valence-corrected chi connectivity index (χ4v) is 3.28. The van der Waals surface area contributed by atoms with Crippen molar-refractivity contribution in [1.29, 1.82) is 0 Å². The summed E-state index contributed by atoms with van der Waals surface area (Å²) < 4.78 is 28.3. The first kappa shape index (κ1) is 17.5. The van der Waals surface area contributed by atoms with E-state index in [2.05, 4.69) is 10.1 Å². The Morgan fingerprint density at radius 2 is 1.83 bits per heavy atom. The van der Waals surface area contributed by atoms with Gasteiger partial charge >= 0.3 is 5.97 Å². The zero-order valence-electron chi connectivity index (χ0n) is 13.5. The molecule has 0 spiro atoms. The lowest BCUT2D eigenvalue weighted by molar-refractivity contribution is -0.152. The molecule has 1 aromatic carbocycles. The number of amides is 1. The highest BCUT2D eigenvalue weighted by Crippen LogP contribution is 2.47. The first-order valence-corrected chi connectivity index (χ1v) is 9.14. The van der Waals surface area contributed by atoms with Gasteiger partial charge in [0, 0.05) is 0 Å². The van der Waals surface area contributed by atoms with E-state index in [-0.39, 0.29) is 22.6 Å². The van der Waals surface area contributed by atoms with Gasteiger partial charge in [-0.25, -0.2) is 8.42 Å². The van der Waals surface area contributed by atoms with Crippen LogP contribution in [0.1, 0.15) is 38.3 Å². The third-order valence-corrected chi connectivity index (χ3v) is 5.98. The van der Waals surface area contributed by atoms with Crippen molar-refractivity contribution in [3.05, 3.63) is 29.8 Å². The second-order valence-corrected chi connectivity index (χ2v) is 8.02. The average molecular weight is 339 g/mol. The maximum absolute atomic E-state index is 12.3. The Bertz CT molecular complexity index is 704. The number of sulfone groups is 1. The minimum Gasteiger partial charge on any atom is -0.468 e. The molecule has 0 aromatic heterocycles. The molecule has 0 bridgehead atoms. The van der Waals surface area contributed by atoms with Gasteiger partial charge in [-0.1, -0.05) is 19.1 Å². The predicted octanol–water partition coefficient (Wildman–Crippen LogP) is 1.61. The molecule has 23 heavy (non-hydrogen) atoms. The zero-order chi connectivity index (χ0) is 17.3. The fourth-order valence-electron chi connectivity index (χ4n) is 2.39. The van der Waals surface area contributed by atoms with Crippen molar-refractivity contribution in [1.82, 2.24) is 5.32 Å². The van der Waals surface area contributed by atoms with E-state index in [9.17, 15) is 18.0 Å². The van der Waals surface area contributed by atoms with Crippen LogP contribution in [0.15, 0.2) is 29.2 Å². The van der Waals surface area contributed by atoms with Gasteiger partial charge in [0.2, 0.25) is 5.91 Å². The van der Waals surface area contributed by atoms with Crippen LogP contribution >= 0.6 is 0 Å². The summed E-state index contributed by atoms with van der Waals surface area (Å²) in [5.41, 5.74) is -0.275.